The number of rotatable bonds is 5. The van der Waals surface area contributed by atoms with E-state index in [-0.39, 0.29) is 5.56 Å². The van der Waals surface area contributed by atoms with E-state index in [4.69, 9.17) is 9.47 Å². The fourth-order valence-electron chi connectivity index (χ4n) is 3.68. The van der Waals surface area contributed by atoms with Crippen LogP contribution in [0, 0.1) is 6.92 Å². The molecule has 7 nitrogen and oxygen atoms in total. The second-order valence-electron chi connectivity index (χ2n) is 7.16. The van der Waals surface area contributed by atoms with Crippen molar-refractivity contribution in [2.24, 2.45) is 0 Å². The summed E-state index contributed by atoms with van der Waals surface area (Å²) in [5.74, 6) is 2.05. The van der Waals surface area contributed by atoms with Gasteiger partial charge in [0.1, 0.15) is 5.82 Å². The molecule has 2 aromatic heterocycles. The number of pyridine rings is 1. The summed E-state index contributed by atoms with van der Waals surface area (Å²) in [6.07, 6.45) is 2.68. The highest BCUT2D eigenvalue weighted by Gasteiger charge is 2.20. The molecule has 0 bridgehead atoms. The normalized spacial score (nSPS) is 13.8. The number of methoxy groups -OCH3 is 2. The molecule has 0 spiro atoms. The van der Waals surface area contributed by atoms with E-state index >= 15 is 0 Å². The second-order valence-corrected chi connectivity index (χ2v) is 7.16. The van der Waals surface area contributed by atoms with Gasteiger partial charge in [0.15, 0.2) is 11.5 Å². The first-order valence-electron chi connectivity index (χ1n) is 9.55. The van der Waals surface area contributed by atoms with Crippen LogP contribution in [0.15, 0.2) is 41.3 Å². The van der Waals surface area contributed by atoms with Crippen LogP contribution in [-0.2, 0) is 19.5 Å². The number of H-pyrrole nitrogens is 1. The molecule has 0 saturated heterocycles. The summed E-state index contributed by atoms with van der Waals surface area (Å²) < 4.78 is 10.7. The highest BCUT2D eigenvalue weighted by atomic mass is 16.5. The van der Waals surface area contributed by atoms with Gasteiger partial charge in [-0.3, -0.25) is 14.7 Å². The van der Waals surface area contributed by atoms with Crippen molar-refractivity contribution in [2.75, 3.05) is 20.8 Å². The van der Waals surface area contributed by atoms with Crippen LogP contribution in [0.1, 0.15) is 22.6 Å². The van der Waals surface area contributed by atoms with Crippen molar-refractivity contribution < 1.29 is 9.47 Å². The predicted octanol–water partition coefficient (Wildman–Crippen LogP) is 2.72. The third-order valence-electron chi connectivity index (χ3n) is 5.18. The Morgan fingerprint density at radius 2 is 1.97 bits per heavy atom. The Kier molecular flexibility index (Phi) is 5.31. The van der Waals surface area contributed by atoms with Crippen molar-refractivity contribution in [3.8, 4) is 22.8 Å². The third kappa shape index (κ3) is 4.00. The van der Waals surface area contributed by atoms with Gasteiger partial charge in [-0.25, -0.2) is 4.98 Å². The average Bonchev–Trinajstić information content (AvgIpc) is 2.74. The van der Waals surface area contributed by atoms with Gasteiger partial charge < -0.3 is 14.5 Å². The van der Waals surface area contributed by atoms with Crippen LogP contribution in [0.5, 0.6) is 11.5 Å². The number of aryl methyl sites for hydroxylation is 1. The number of aromatic nitrogens is 3. The number of fused-ring (bicyclic) bond motifs is 1. The molecule has 1 aromatic carbocycles. The highest BCUT2D eigenvalue weighted by Crippen LogP contribution is 2.31. The smallest absolute Gasteiger partial charge is 0.255 e. The van der Waals surface area contributed by atoms with Gasteiger partial charge in [0.2, 0.25) is 0 Å². The van der Waals surface area contributed by atoms with Gasteiger partial charge in [0, 0.05) is 37.8 Å². The van der Waals surface area contributed by atoms with Crippen LogP contribution in [0.25, 0.3) is 11.3 Å². The first kappa shape index (κ1) is 19.1. The minimum atomic E-state index is -0.0286. The first-order chi connectivity index (χ1) is 14.1. The van der Waals surface area contributed by atoms with Gasteiger partial charge in [-0.15, -0.1) is 0 Å². The summed E-state index contributed by atoms with van der Waals surface area (Å²) in [5.41, 5.74) is 4.61. The molecular weight excluding hydrogens is 368 g/mol. The number of benzene rings is 1. The molecule has 150 valence electrons. The summed E-state index contributed by atoms with van der Waals surface area (Å²) >= 11 is 0. The Labute approximate surface area is 169 Å². The van der Waals surface area contributed by atoms with Crippen molar-refractivity contribution >= 4 is 0 Å². The lowest BCUT2D eigenvalue weighted by molar-refractivity contribution is 0.241. The first-order valence-corrected chi connectivity index (χ1v) is 9.55. The number of nitrogens with zero attached hydrogens (tertiary/aromatic N) is 3. The second kappa shape index (κ2) is 8.05. The third-order valence-corrected chi connectivity index (χ3v) is 5.18. The largest absolute Gasteiger partial charge is 0.493 e. The molecule has 0 unspecified atom stereocenters. The zero-order chi connectivity index (χ0) is 20.4. The van der Waals surface area contributed by atoms with Crippen LogP contribution in [0.4, 0.5) is 0 Å². The number of ether oxygens (including phenoxy) is 2. The number of nitrogens with one attached hydrogen (secondary N) is 1. The van der Waals surface area contributed by atoms with Gasteiger partial charge in [0.05, 0.1) is 31.2 Å². The van der Waals surface area contributed by atoms with Gasteiger partial charge in [-0.2, -0.15) is 0 Å². The summed E-state index contributed by atoms with van der Waals surface area (Å²) in [6, 6.07) is 9.84. The van der Waals surface area contributed by atoms with Gasteiger partial charge in [-0.1, -0.05) is 6.07 Å². The maximum Gasteiger partial charge on any atom is 0.255 e. The topological polar surface area (TPSA) is 80.3 Å². The van der Waals surface area contributed by atoms with E-state index < -0.39 is 0 Å². The molecule has 7 heteroatoms. The van der Waals surface area contributed by atoms with Gasteiger partial charge in [-0.05, 0) is 36.8 Å². The lowest BCUT2D eigenvalue weighted by Gasteiger charge is -2.27. The maximum absolute atomic E-state index is 12.2. The number of hydrogen-bond donors (Lipinski definition) is 1. The van der Waals surface area contributed by atoms with Crippen LogP contribution in [-0.4, -0.2) is 40.6 Å². The summed E-state index contributed by atoms with van der Waals surface area (Å²) in [5, 5.41) is 0. The fraction of sp³-hybridized carbons (Fsp3) is 0.318. The fourth-order valence-corrected chi connectivity index (χ4v) is 3.68. The zero-order valence-corrected chi connectivity index (χ0v) is 16.9. The molecule has 3 aromatic rings. The summed E-state index contributed by atoms with van der Waals surface area (Å²) in [6.45, 7) is 4.04. The van der Waals surface area contributed by atoms with Crippen LogP contribution < -0.4 is 15.0 Å². The van der Waals surface area contributed by atoms with Crippen molar-refractivity contribution in [1.29, 1.82) is 0 Å². The van der Waals surface area contributed by atoms with E-state index in [1.54, 1.807) is 14.2 Å². The Morgan fingerprint density at radius 3 is 2.69 bits per heavy atom. The monoisotopic (exact) mass is 392 g/mol. The molecule has 0 amide bonds. The Balaban J connectivity index is 1.48. The van der Waals surface area contributed by atoms with Crippen LogP contribution >= 0.6 is 0 Å². The summed E-state index contributed by atoms with van der Waals surface area (Å²) in [4.78, 5) is 26.4. The molecular formula is C22H24N4O3. The van der Waals surface area contributed by atoms with Gasteiger partial charge >= 0.3 is 0 Å². The Morgan fingerprint density at radius 1 is 1.14 bits per heavy atom. The molecule has 3 heterocycles. The Bertz CT molecular complexity index is 1080. The quantitative estimate of drug-likeness (QED) is 0.719. The standard InChI is InChI=1S/C22H24N4O3/c1-14-24-19-8-9-26(13-17(19)22(27)25-14)12-15-4-6-18(23-11-15)16-5-7-20(28-2)21(10-16)29-3/h4-7,10-11H,8-9,12-13H2,1-3H3,(H,24,25,27). The van der Waals surface area contributed by atoms with Crippen molar-refractivity contribution in [1.82, 2.24) is 19.9 Å². The maximum atomic E-state index is 12.2. The van der Waals surface area contributed by atoms with E-state index in [2.05, 4.69) is 25.9 Å². The molecule has 4 rings (SSSR count). The van der Waals surface area contributed by atoms with E-state index in [1.807, 2.05) is 37.4 Å². The van der Waals surface area contributed by atoms with Crippen LogP contribution in [0.3, 0.4) is 0 Å². The molecule has 0 radical (unpaired) electrons. The van der Waals surface area contributed by atoms with E-state index in [0.717, 1.165) is 47.6 Å². The molecule has 0 fully saturated rings. The van der Waals surface area contributed by atoms with Crippen molar-refractivity contribution in [3.05, 3.63) is 69.5 Å². The predicted molar refractivity (Wildman–Crippen MR) is 110 cm³/mol. The molecule has 0 aliphatic carbocycles. The molecule has 29 heavy (non-hydrogen) atoms. The molecule has 0 saturated carbocycles. The number of hydrogen-bond acceptors (Lipinski definition) is 6. The molecule has 1 aliphatic heterocycles. The van der Waals surface area contributed by atoms with E-state index in [0.29, 0.717) is 23.9 Å². The summed E-state index contributed by atoms with van der Waals surface area (Å²) in [7, 11) is 3.24. The highest BCUT2D eigenvalue weighted by molar-refractivity contribution is 5.64. The van der Waals surface area contributed by atoms with Gasteiger partial charge in [0.25, 0.3) is 5.56 Å². The van der Waals surface area contributed by atoms with E-state index in [1.165, 1.54) is 0 Å². The zero-order valence-electron chi connectivity index (χ0n) is 16.9. The minimum Gasteiger partial charge on any atom is -0.493 e. The lowest BCUT2D eigenvalue weighted by Crippen LogP contribution is -2.35. The molecule has 0 atom stereocenters. The van der Waals surface area contributed by atoms with E-state index in [9.17, 15) is 4.79 Å². The van der Waals surface area contributed by atoms with Crippen molar-refractivity contribution in [3.63, 3.8) is 0 Å². The lowest BCUT2D eigenvalue weighted by atomic mass is 10.1. The molecule has 1 N–H and O–H groups in total. The SMILES string of the molecule is COc1ccc(-c2ccc(CN3CCc4nc(C)[nH]c(=O)c4C3)cn2)cc1OC. The Hall–Kier alpha value is -3.19. The minimum absolute atomic E-state index is 0.0286. The average molecular weight is 392 g/mol. The number of aromatic amines is 1. The van der Waals surface area contributed by atoms with Crippen LogP contribution in [0.2, 0.25) is 0 Å². The van der Waals surface area contributed by atoms with Crippen molar-refractivity contribution in [2.45, 2.75) is 26.4 Å². The molecule has 1 aliphatic rings.